The van der Waals surface area contributed by atoms with E-state index in [0.29, 0.717) is 0 Å². The van der Waals surface area contributed by atoms with Gasteiger partial charge >= 0.3 is 6.18 Å². The van der Waals surface area contributed by atoms with E-state index in [9.17, 15) is 17.6 Å². The second-order valence-electron chi connectivity index (χ2n) is 4.40. The number of rotatable bonds is 1. The molecule has 0 aliphatic rings. The predicted octanol–water partition coefficient (Wildman–Crippen LogP) is 5.06. The molecule has 0 fully saturated rings. The first-order chi connectivity index (χ1) is 9.20. The van der Waals surface area contributed by atoms with Crippen molar-refractivity contribution < 1.29 is 17.6 Å². The Hall–Kier alpha value is -1.75. The van der Waals surface area contributed by atoms with E-state index >= 15 is 0 Å². The highest BCUT2D eigenvalue weighted by atomic mass is 35.5. The number of benzene rings is 2. The first kappa shape index (κ1) is 14.7. The minimum Gasteiger partial charge on any atom is -0.397 e. The van der Waals surface area contributed by atoms with Gasteiger partial charge in [0, 0.05) is 5.56 Å². The summed E-state index contributed by atoms with van der Waals surface area (Å²) in [5.41, 5.74) is 4.53. The number of anilines is 1. The molecule has 20 heavy (non-hydrogen) atoms. The second-order valence-corrected chi connectivity index (χ2v) is 4.81. The molecule has 2 rings (SSSR count). The van der Waals surface area contributed by atoms with Gasteiger partial charge in [0.15, 0.2) is 0 Å². The monoisotopic (exact) mass is 303 g/mol. The molecule has 0 aliphatic heterocycles. The molecule has 0 atom stereocenters. The van der Waals surface area contributed by atoms with Crippen LogP contribution in [0.1, 0.15) is 11.1 Å². The standard InChI is InChI=1S/C14H10ClF4N/c1-7-2-3-12(16)9(4-7)8-5-10(14(17,18)19)13(20)11(15)6-8/h2-6H,20H2,1H3. The van der Waals surface area contributed by atoms with E-state index in [1.807, 2.05) is 0 Å². The topological polar surface area (TPSA) is 26.0 Å². The van der Waals surface area contributed by atoms with Gasteiger partial charge in [-0.3, -0.25) is 0 Å². The van der Waals surface area contributed by atoms with E-state index in [1.54, 1.807) is 6.92 Å². The highest BCUT2D eigenvalue weighted by Crippen LogP contribution is 2.40. The van der Waals surface area contributed by atoms with Crippen molar-refractivity contribution in [1.82, 2.24) is 0 Å². The number of nitrogen functional groups attached to an aromatic ring is 1. The van der Waals surface area contributed by atoms with E-state index in [0.717, 1.165) is 11.6 Å². The molecule has 2 aromatic carbocycles. The molecule has 0 saturated heterocycles. The van der Waals surface area contributed by atoms with E-state index in [1.165, 1.54) is 24.3 Å². The van der Waals surface area contributed by atoms with Gasteiger partial charge in [-0.1, -0.05) is 23.2 Å². The average Bonchev–Trinajstić information content (AvgIpc) is 2.34. The van der Waals surface area contributed by atoms with Crippen LogP contribution in [0.3, 0.4) is 0 Å². The van der Waals surface area contributed by atoms with Crippen LogP contribution in [0.25, 0.3) is 11.1 Å². The summed E-state index contributed by atoms with van der Waals surface area (Å²) in [5, 5.41) is -0.254. The molecule has 0 heterocycles. The van der Waals surface area contributed by atoms with E-state index < -0.39 is 23.2 Å². The van der Waals surface area contributed by atoms with E-state index in [-0.39, 0.29) is 16.1 Å². The Morgan fingerprint density at radius 2 is 1.75 bits per heavy atom. The molecule has 1 nitrogen and oxygen atoms in total. The third-order valence-electron chi connectivity index (χ3n) is 2.87. The molecular formula is C14H10ClF4N. The molecule has 0 spiro atoms. The van der Waals surface area contributed by atoms with Gasteiger partial charge in [-0.15, -0.1) is 0 Å². The Morgan fingerprint density at radius 3 is 2.35 bits per heavy atom. The Kier molecular flexibility index (Phi) is 3.65. The van der Waals surface area contributed by atoms with Gasteiger partial charge in [-0.2, -0.15) is 13.2 Å². The van der Waals surface area contributed by atoms with Crippen molar-refractivity contribution in [3.8, 4) is 11.1 Å². The van der Waals surface area contributed by atoms with Gasteiger partial charge in [-0.05, 0) is 36.8 Å². The molecule has 2 N–H and O–H groups in total. The summed E-state index contributed by atoms with van der Waals surface area (Å²) in [5.74, 6) is -0.621. The average molecular weight is 304 g/mol. The predicted molar refractivity (Wildman–Crippen MR) is 71.0 cm³/mol. The van der Waals surface area contributed by atoms with Crippen LogP contribution in [0.4, 0.5) is 23.2 Å². The highest BCUT2D eigenvalue weighted by Gasteiger charge is 2.34. The van der Waals surface area contributed by atoms with Gasteiger partial charge in [0.1, 0.15) is 5.82 Å². The van der Waals surface area contributed by atoms with E-state index in [2.05, 4.69) is 0 Å². The fourth-order valence-electron chi connectivity index (χ4n) is 1.87. The number of aryl methyl sites for hydroxylation is 1. The summed E-state index contributed by atoms with van der Waals surface area (Å²) in [6.45, 7) is 1.71. The summed E-state index contributed by atoms with van der Waals surface area (Å²) in [7, 11) is 0. The minimum absolute atomic E-state index is 0.0396. The lowest BCUT2D eigenvalue weighted by molar-refractivity contribution is -0.136. The lowest BCUT2D eigenvalue weighted by atomic mass is 9.99. The smallest absolute Gasteiger partial charge is 0.397 e. The van der Waals surface area contributed by atoms with Crippen molar-refractivity contribution in [2.24, 2.45) is 0 Å². The molecule has 106 valence electrons. The van der Waals surface area contributed by atoms with Crippen molar-refractivity contribution in [2.75, 3.05) is 5.73 Å². The Morgan fingerprint density at radius 1 is 1.10 bits per heavy atom. The lowest BCUT2D eigenvalue weighted by Gasteiger charge is -2.14. The lowest BCUT2D eigenvalue weighted by Crippen LogP contribution is -2.09. The molecule has 0 radical (unpaired) electrons. The Labute approximate surface area is 118 Å². The Bertz CT molecular complexity index is 665. The number of hydrogen-bond acceptors (Lipinski definition) is 1. The van der Waals surface area contributed by atoms with Gasteiger partial charge in [-0.25, -0.2) is 4.39 Å². The maximum Gasteiger partial charge on any atom is 0.418 e. The highest BCUT2D eigenvalue weighted by molar-refractivity contribution is 6.33. The third kappa shape index (κ3) is 2.72. The summed E-state index contributed by atoms with van der Waals surface area (Å²) in [4.78, 5) is 0. The third-order valence-corrected chi connectivity index (χ3v) is 3.18. The van der Waals surface area contributed by atoms with Gasteiger partial charge in [0.25, 0.3) is 0 Å². The zero-order valence-corrected chi connectivity index (χ0v) is 11.1. The zero-order chi connectivity index (χ0) is 15.1. The van der Waals surface area contributed by atoms with Crippen LogP contribution in [-0.4, -0.2) is 0 Å². The first-order valence-electron chi connectivity index (χ1n) is 5.63. The van der Waals surface area contributed by atoms with Crippen molar-refractivity contribution in [2.45, 2.75) is 13.1 Å². The molecule has 0 aromatic heterocycles. The largest absolute Gasteiger partial charge is 0.418 e. The van der Waals surface area contributed by atoms with Gasteiger partial charge in [0.05, 0.1) is 16.3 Å². The quantitative estimate of drug-likeness (QED) is 0.578. The fraction of sp³-hybridized carbons (Fsp3) is 0.143. The number of nitrogens with two attached hydrogens (primary N) is 1. The molecule has 0 unspecified atom stereocenters. The van der Waals surface area contributed by atoms with Gasteiger partial charge in [0.2, 0.25) is 0 Å². The van der Waals surface area contributed by atoms with Crippen LogP contribution in [0, 0.1) is 12.7 Å². The maximum absolute atomic E-state index is 13.8. The molecule has 0 bridgehead atoms. The van der Waals surface area contributed by atoms with Crippen LogP contribution >= 0.6 is 11.6 Å². The summed E-state index contributed by atoms with van der Waals surface area (Å²) in [6, 6.07) is 6.21. The molecular weight excluding hydrogens is 294 g/mol. The molecule has 0 saturated carbocycles. The van der Waals surface area contributed by atoms with Crippen LogP contribution < -0.4 is 5.73 Å². The normalized spacial score (nSPS) is 11.7. The Balaban J connectivity index is 2.70. The summed E-state index contributed by atoms with van der Waals surface area (Å²) < 4.78 is 52.4. The van der Waals surface area contributed by atoms with E-state index in [4.69, 9.17) is 17.3 Å². The maximum atomic E-state index is 13.8. The summed E-state index contributed by atoms with van der Waals surface area (Å²) in [6.07, 6.45) is -4.65. The van der Waals surface area contributed by atoms with Crippen LogP contribution in [-0.2, 0) is 6.18 Å². The first-order valence-corrected chi connectivity index (χ1v) is 6.00. The molecule has 0 aliphatic carbocycles. The van der Waals surface area contributed by atoms with Gasteiger partial charge < -0.3 is 5.73 Å². The summed E-state index contributed by atoms with van der Waals surface area (Å²) >= 11 is 5.72. The van der Waals surface area contributed by atoms with Crippen molar-refractivity contribution in [1.29, 1.82) is 0 Å². The molecule has 0 amide bonds. The number of alkyl halides is 3. The zero-order valence-electron chi connectivity index (χ0n) is 10.4. The number of halogens is 5. The molecule has 6 heteroatoms. The van der Waals surface area contributed by atoms with Crippen molar-refractivity contribution in [3.63, 3.8) is 0 Å². The van der Waals surface area contributed by atoms with Crippen LogP contribution in [0.15, 0.2) is 30.3 Å². The van der Waals surface area contributed by atoms with Crippen molar-refractivity contribution >= 4 is 17.3 Å². The minimum atomic E-state index is -4.65. The SMILES string of the molecule is Cc1ccc(F)c(-c2cc(Cl)c(N)c(C(F)(F)F)c2)c1. The van der Waals surface area contributed by atoms with Crippen LogP contribution in [0.5, 0.6) is 0 Å². The van der Waals surface area contributed by atoms with Crippen LogP contribution in [0.2, 0.25) is 5.02 Å². The van der Waals surface area contributed by atoms with Crippen molar-refractivity contribution in [3.05, 3.63) is 52.3 Å². The molecule has 2 aromatic rings. The number of hydrogen-bond donors (Lipinski definition) is 1. The second kappa shape index (κ2) is 4.98. The fourth-order valence-corrected chi connectivity index (χ4v) is 2.09.